The molecular formula is C25H35NO3. The minimum atomic E-state index is -0.624. The van der Waals surface area contributed by atoms with E-state index in [1.54, 1.807) is 0 Å². The minimum absolute atomic E-state index is 0.0851. The van der Waals surface area contributed by atoms with Crippen LogP contribution in [-0.4, -0.2) is 36.3 Å². The second-order valence-corrected chi connectivity index (χ2v) is 9.91. The van der Waals surface area contributed by atoms with E-state index in [4.69, 9.17) is 9.47 Å². The van der Waals surface area contributed by atoms with Crippen LogP contribution in [0.2, 0.25) is 0 Å². The molecule has 1 aliphatic heterocycles. The average molecular weight is 398 g/mol. The number of rotatable bonds is 5. The summed E-state index contributed by atoms with van der Waals surface area (Å²) < 4.78 is 12.2. The molecule has 29 heavy (non-hydrogen) atoms. The van der Waals surface area contributed by atoms with Crippen molar-refractivity contribution in [2.45, 2.75) is 70.3 Å². The highest BCUT2D eigenvalue weighted by molar-refractivity contribution is 5.83. The summed E-state index contributed by atoms with van der Waals surface area (Å²) in [7, 11) is 0. The second kappa shape index (κ2) is 7.99. The number of fused-ring (bicyclic) bond motifs is 1. The molecule has 1 unspecified atom stereocenters. The van der Waals surface area contributed by atoms with Gasteiger partial charge < -0.3 is 19.9 Å². The lowest BCUT2D eigenvalue weighted by Gasteiger charge is -2.48. The van der Waals surface area contributed by atoms with Gasteiger partial charge in [0.15, 0.2) is 5.79 Å². The van der Waals surface area contributed by atoms with E-state index in [0.29, 0.717) is 0 Å². The number of hydrogen-bond donors (Lipinski definition) is 2. The Morgan fingerprint density at radius 2 is 1.62 bits per heavy atom. The van der Waals surface area contributed by atoms with Gasteiger partial charge in [-0.25, -0.2) is 0 Å². The van der Waals surface area contributed by atoms with Crippen LogP contribution in [0.1, 0.15) is 64.5 Å². The second-order valence-electron chi connectivity index (χ2n) is 9.91. The topological polar surface area (TPSA) is 50.7 Å². The Morgan fingerprint density at radius 3 is 2.31 bits per heavy atom. The molecule has 2 fully saturated rings. The first-order chi connectivity index (χ1) is 13.8. The first-order valence-corrected chi connectivity index (χ1v) is 11.0. The van der Waals surface area contributed by atoms with Crippen molar-refractivity contribution < 1.29 is 14.6 Å². The van der Waals surface area contributed by atoms with Gasteiger partial charge in [-0.3, -0.25) is 0 Å². The van der Waals surface area contributed by atoms with Crippen LogP contribution in [-0.2, 0) is 9.47 Å². The predicted octanol–water partition coefficient (Wildman–Crippen LogP) is 4.95. The molecule has 0 amide bonds. The smallest absolute Gasteiger partial charge is 0.168 e. The maximum atomic E-state index is 11.1. The van der Waals surface area contributed by atoms with E-state index in [1.807, 2.05) is 0 Å². The third-order valence-electron chi connectivity index (χ3n) is 6.71. The molecule has 1 atom stereocenters. The minimum Gasteiger partial charge on any atom is -0.390 e. The van der Waals surface area contributed by atoms with Crippen molar-refractivity contribution in [2.75, 3.05) is 19.8 Å². The summed E-state index contributed by atoms with van der Waals surface area (Å²) in [5.74, 6) is -0.465. The molecule has 0 radical (unpaired) electrons. The molecule has 158 valence electrons. The highest BCUT2D eigenvalue weighted by Crippen LogP contribution is 2.43. The van der Waals surface area contributed by atoms with E-state index < -0.39 is 11.4 Å². The number of ether oxygens (including phenoxy) is 2. The number of benzene rings is 2. The van der Waals surface area contributed by atoms with Gasteiger partial charge in [0.1, 0.15) is 0 Å². The zero-order valence-corrected chi connectivity index (χ0v) is 18.0. The van der Waals surface area contributed by atoms with Crippen molar-refractivity contribution in [2.24, 2.45) is 5.41 Å². The van der Waals surface area contributed by atoms with Gasteiger partial charge in [0.05, 0.1) is 18.8 Å². The maximum Gasteiger partial charge on any atom is 0.168 e. The van der Waals surface area contributed by atoms with Crippen molar-refractivity contribution >= 4 is 10.8 Å². The Labute approximate surface area is 174 Å². The quantitative estimate of drug-likeness (QED) is 0.749. The largest absolute Gasteiger partial charge is 0.390 e. The molecule has 4 nitrogen and oxygen atoms in total. The maximum absolute atomic E-state index is 11.1. The van der Waals surface area contributed by atoms with Gasteiger partial charge in [-0.15, -0.1) is 0 Å². The summed E-state index contributed by atoms with van der Waals surface area (Å²) in [6.07, 6.45) is 3.78. The van der Waals surface area contributed by atoms with Crippen molar-refractivity contribution in [3.63, 3.8) is 0 Å². The van der Waals surface area contributed by atoms with Gasteiger partial charge in [0, 0.05) is 24.3 Å². The summed E-state index contributed by atoms with van der Waals surface area (Å²) in [6.45, 7) is 8.79. The monoisotopic (exact) mass is 397 g/mol. The molecule has 1 aliphatic carbocycles. The Morgan fingerprint density at radius 1 is 0.966 bits per heavy atom. The van der Waals surface area contributed by atoms with Gasteiger partial charge in [0.25, 0.3) is 0 Å². The van der Waals surface area contributed by atoms with Gasteiger partial charge >= 0.3 is 0 Å². The van der Waals surface area contributed by atoms with Gasteiger partial charge in [-0.05, 0) is 55.1 Å². The zero-order valence-electron chi connectivity index (χ0n) is 18.0. The van der Waals surface area contributed by atoms with Crippen LogP contribution < -0.4 is 5.32 Å². The van der Waals surface area contributed by atoms with Gasteiger partial charge in [-0.1, -0.05) is 50.2 Å². The normalized spacial score (nSPS) is 23.9. The first kappa shape index (κ1) is 20.8. The van der Waals surface area contributed by atoms with E-state index in [9.17, 15) is 5.11 Å². The fourth-order valence-electron chi connectivity index (χ4n) is 4.49. The third-order valence-corrected chi connectivity index (χ3v) is 6.71. The lowest BCUT2D eigenvalue weighted by Crippen LogP contribution is -2.52. The molecule has 0 bridgehead atoms. The molecule has 2 aromatic rings. The Bertz CT molecular complexity index is 827. The Balaban J connectivity index is 1.27. The highest BCUT2D eigenvalue weighted by atomic mass is 16.7. The van der Waals surface area contributed by atoms with Crippen LogP contribution in [0, 0.1) is 5.41 Å². The van der Waals surface area contributed by atoms with Crippen molar-refractivity contribution in [3.05, 3.63) is 48.0 Å². The first-order valence-electron chi connectivity index (χ1n) is 11.0. The van der Waals surface area contributed by atoms with Crippen LogP contribution in [0.3, 0.4) is 0 Å². The van der Waals surface area contributed by atoms with E-state index >= 15 is 0 Å². The van der Waals surface area contributed by atoms with E-state index in [0.717, 1.165) is 51.9 Å². The van der Waals surface area contributed by atoms with E-state index in [1.165, 1.54) is 16.3 Å². The van der Waals surface area contributed by atoms with E-state index in [-0.39, 0.29) is 11.5 Å². The molecule has 2 aliphatic rings. The molecule has 2 aromatic carbocycles. The standard InChI is InChI=1S/C25H35NO3/c1-19(21-9-8-20-6-4-5-7-22(20)16-21)26-15-14-24(27)10-12-25(13-11-24)28-17-23(2,3)18-29-25/h4-9,16,19,26-27H,10-15,17-18H2,1-3H3. The summed E-state index contributed by atoms with van der Waals surface area (Å²) in [5.41, 5.74) is 0.743. The van der Waals surface area contributed by atoms with Crippen molar-refractivity contribution in [1.29, 1.82) is 0 Å². The van der Waals surface area contributed by atoms with Crippen LogP contribution in [0.5, 0.6) is 0 Å². The molecule has 2 N–H and O–H groups in total. The van der Waals surface area contributed by atoms with Crippen molar-refractivity contribution in [1.82, 2.24) is 5.32 Å². The average Bonchev–Trinajstić information content (AvgIpc) is 2.72. The van der Waals surface area contributed by atoms with Gasteiger partial charge in [-0.2, -0.15) is 0 Å². The fourth-order valence-corrected chi connectivity index (χ4v) is 4.49. The molecule has 4 rings (SSSR count). The highest BCUT2D eigenvalue weighted by Gasteiger charge is 2.46. The van der Waals surface area contributed by atoms with Gasteiger partial charge in [0.2, 0.25) is 0 Å². The molecule has 1 saturated heterocycles. The summed E-state index contributed by atoms with van der Waals surface area (Å²) >= 11 is 0. The Hall–Kier alpha value is -1.46. The van der Waals surface area contributed by atoms with Crippen LogP contribution >= 0.6 is 0 Å². The molecule has 1 saturated carbocycles. The lowest BCUT2D eigenvalue weighted by atomic mass is 9.78. The molecular weight excluding hydrogens is 362 g/mol. The predicted molar refractivity (Wildman–Crippen MR) is 117 cm³/mol. The number of aliphatic hydroxyl groups is 1. The zero-order chi connectivity index (χ0) is 20.5. The van der Waals surface area contributed by atoms with Crippen molar-refractivity contribution in [3.8, 4) is 0 Å². The molecule has 0 aromatic heterocycles. The molecule has 1 spiro atoms. The fraction of sp³-hybridized carbons (Fsp3) is 0.600. The number of nitrogens with one attached hydrogen (secondary N) is 1. The van der Waals surface area contributed by atoms with Crippen LogP contribution in [0.4, 0.5) is 0 Å². The molecule has 1 heterocycles. The van der Waals surface area contributed by atoms with E-state index in [2.05, 4.69) is 68.6 Å². The summed E-state index contributed by atoms with van der Waals surface area (Å²) in [4.78, 5) is 0. The Kier molecular flexibility index (Phi) is 5.73. The van der Waals surface area contributed by atoms with Crippen LogP contribution in [0.15, 0.2) is 42.5 Å². The summed E-state index contributed by atoms with van der Waals surface area (Å²) in [5, 5.41) is 17.2. The third kappa shape index (κ3) is 4.83. The lowest BCUT2D eigenvalue weighted by molar-refractivity contribution is -0.319. The van der Waals surface area contributed by atoms with Crippen LogP contribution in [0.25, 0.3) is 10.8 Å². The summed E-state index contributed by atoms with van der Waals surface area (Å²) in [6, 6.07) is 15.3. The molecule has 4 heteroatoms. The number of hydrogen-bond acceptors (Lipinski definition) is 4. The SMILES string of the molecule is CC(NCCC1(O)CCC2(CC1)OCC(C)(C)CO2)c1ccc2ccccc2c1.